The van der Waals surface area contributed by atoms with Gasteiger partial charge in [0.25, 0.3) is 5.56 Å². The van der Waals surface area contributed by atoms with Crippen molar-refractivity contribution in [2.75, 3.05) is 23.3 Å². The van der Waals surface area contributed by atoms with E-state index in [4.69, 9.17) is 0 Å². The van der Waals surface area contributed by atoms with Crippen LogP contribution in [0.1, 0.15) is 25.3 Å². The Morgan fingerprint density at radius 3 is 2.72 bits per heavy atom. The third-order valence-corrected chi connectivity index (χ3v) is 7.59. The first-order valence-electron chi connectivity index (χ1n) is 10.7. The summed E-state index contributed by atoms with van der Waals surface area (Å²) in [6.07, 6.45) is 3.08. The number of thiazole rings is 1. The summed E-state index contributed by atoms with van der Waals surface area (Å²) in [5, 5.41) is 10.4. The highest BCUT2D eigenvalue weighted by Gasteiger charge is 2.23. The lowest BCUT2D eigenvalue weighted by Gasteiger charge is -2.11. The lowest BCUT2D eigenvalue weighted by atomic mass is 10.1. The zero-order valence-corrected chi connectivity index (χ0v) is 19.3. The number of fused-ring (bicyclic) bond motifs is 1. The van der Waals surface area contributed by atoms with Crippen LogP contribution >= 0.6 is 22.7 Å². The number of carbonyl (C=O) groups is 1. The summed E-state index contributed by atoms with van der Waals surface area (Å²) in [5.74, 6) is -0.285. The maximum absolute atomic E-state index is 13.2. The van der Waals surface area contributed by atoms with Crippen molar-refractivity contribution < 1.29 is 4.79 Å². The number of hydrogen-bond donors (Lipinski definition) is 1. The number of nitrogens with zero attached hydrogens (tertiary/aromatic N) is 4. The molecule has 0 bridgehead atoms. The molecule has 3 aromatic heterocycles. The van der Waals surface area contributed by atoms with Crippen molar-refractivity contribution in [2.45, 2.75) is 32.7 Å². The molecule has 1 aliphatic rings. The van der Waals surface area contributed by atoms with E-state index in [0.717, 1.165) is 58.3 Å². The summed E-state index contributed by atoms with van der Waals surface area (Å²) in [6.45, 7) is 3.78. The normalized spacial score (nSPS) is 13.7. The van der Waals surface area contributed by atoms with Crippen LogP contribution in [-0.4, -0.2) is 33.8 Å². The maximum atomic E-state index is 13.2. The third-order valence-electron chi connectivity index (χ3n) is 5.59. The predicted octanol–water partition coefficient (Wildman–Crippen LogP) is 4.38. The van der Waals surface area contributed by atoms with E-state index in [1.54, 1.807) is 11.3 Å². The standard InChI is InChI=1S/C23H23N5O2S2/c1-2-15-8-3-4-9-16(15)24-18(29)14-28-22(30)20-21(19(26-28)17-10-7-13-31-17)32-23(25-20)27-11-5-6-12-27/h3-4,7-10,13H,2,5-6,11-12,14H2,1H3,(H,24,29). The summed E-state index contributed by atoms with van der Waals surface area (Å²) in [7, 11) is 0. The minimum atomic E-state index is -0.332. The van der Waals surface area contributed by atoms with Crippen molar-refractivity contribution in [1.82, 2.24) is 14.8 Å². The number of carbonyl (C=O) groups excluding carboxylic acids is 1. The molecule has 0 spiro atoms. The van der Waals surface area contributed by atoms with Gasteiger partial charge in [0.1, 0.15) is 12.2 Å². The molecule has 1 amide bonds. The number of rotatable bonds is 6. The Balaban J connectivity index is 1.53. The van der Waals surface area contributed by atoms with Gasteiger partial charge < -0.3 is 10.2 Å². The summed E-state index contributed by atoms with van der Waals surface area (Å²) >= 11 is 3.07. The molecule has 0 atom stereocenters. The zero-order chi connectivity index (χ0) is 22.1. The smallest absolute Gasteiger partial charge is 0.294 e. The molecule has 4 heterocycles. The van der Waals surface area contributed by atoms with Crippen molar-refractivity contribution >= 4 is 49.6 Å². The van der Waals surface area contributed by atoms with Crippen molar-refractivity contribution in [2.24, 2.45) is 0 Å². The molecule has 1 aliphatic heterocycles. The number of thiophene rings is 1. The Hall–Kier alpha value is -3.04. The van der Waals surface area contributed by atoms with Crippen molar-refractivity contribution in [3.63, 3.8) is 0 Å². The molecule has 0 unspecified atom stereocenters. The van der Waals surface area contributed by atoms with Crippen LogP contribution in [0, 0.1) is 0 Å². The van der Waals surface area contributed by atoms with Gasteiger partial charge in [0.15, 0.2) is 10.6 Å². The molecule has 0 radical (unpaired) electrons. The second kappa shape index (κ2) is 8.84. The largest absolute Gasteiger partial charge is 0.348 e. The van der Waals surface area contributed by atoms with E-state index in [0.29, 0.717) is 11.2 Å². The van der Waals surface area contributed by atoms with E-state index in [9.17, 15) is 9.59 Å². The molecule has 1 fully saturated rings. The first-order valence-corrected chi connectivity index (χ1v) is 12.4. The molecular weight excluding hydrogens is 442 g/mol. The van der Waals surface area contributed by atoms with Crippen LogP contribution in [0.25, 0.3) is 20.8 Å². The van der Waals surface area contributed by atoms with Gasteiger partial charge in [0.05, 0.1) is 9.58 Å². The number of aromatic nitrogens is 3. The number of aryl methyl sites for hydroxylation is 1. The fourth-order valence-electron chi connectivity index (χ4n) is 3.95. The molecule has 1 aromatic carbocycles. The van der Waals surface area contributed by atoms with Gasteiger partial charge in [-0.15, -0.1) is 11.3 Å². The lowest BCUT2D eigenvalue weighted by Crippen LogP contribution is -2.30. The summed E-state index contributed by atoms with van der Waals surface area (Å²) in [4.78, 5) is 33.9. The molecule has 0 saturated carbocycles. The lowest BCUT2D eigenvalue weighted by molar-refractivity contribution is -0.117. The van der Waals surface area contributed by atoms with Crippen molar-refractivity contribution in [3.8, 4) is 10.6 Å². The van der Waals surface area contributed by atoms with Gasteiger partial charge in [0.2, 0.25) is 5.91 Å². The Morgan fingerprint density at radius 1 is 1.16 bits per heavy atom. The molecule has 4 aromatic rings. The SMILES string of the molecule is CCc1ccccc1NC(=O)Cn1nc(-c2cccs2)c2sc(N3CCCC3)nc2c1=O. The minimum absolute atomic E-state index is 0.165. The summed E-state index contributed by atoms with van der Waals surface area (Å²) in [5.41, 5.74) is 2.57. The summed E-state index contributed by atoms with van der Waals surface area (Å²) < 4.78 is 2.03. The third kappa shape index (κ3) is 3.93. The van der Waals surface area contributed by atoms with E-state index in [1.807, 2.05) is 48.7 Å². The quantitative estimate of drug-likeness (QED) is 0.457. The topological polar surface area (TPSA) is 80.1 Å². The highest BCUT2D eigenvalue weighted by Crippen LogP contribution is 2.36. The van der Waals surface area contributed by atoms with Crippen LogP contribution in [0.3, 0.4) is 0 Å². The fraction of sp³-hybridized carbons (Fsp3) is 0.304. The van der Waals surface area contributed by atoms with Gasteiger partial charge in [0, 0.05) is 18.8 Å². The number of benzene rings is 1. The van der Waals surface area contributed by atoms with E-state index in [2.05, 4.69) is 20.3 Å². The highest BCUT2D eigenvalue weighted by molar-refractivity contribution is 7.23. The first-order chi connectivity index (χ1) is 15.6. The number of nitrogens with one attached hydrogen (secondary N) is 1. The van der Waals surface area contributed by atoms with Crippen LogP contribution in [-0.2, 0) is 17.8 Å². The predicted molar refractivity (Wildman–Crippen MR) is 131 cm³/mol. The van der Waals surface area contributed by atoms with Gasteiger partial charge in [-0.2, -0.15) is 5.10 Å². The van der Waals surface area contributed by atoms with Crippen LogP contribution in [0.4, 0.5) is 10.8 Å². The molecular formula is C23H23N5O2S2. The molecule has 164 valence electrons. The molecule has 7 nitrogen and oxygen atoms in total. The molecule has 9 heteroatoms. The van der Waals surface area contributed by atoms with Crippen LogP contribution in [0.5, 0.6) is 0 Å². The Morgan fingerprint density at radius 2 is 1.97 bits per heavy atom. The van der Waals surface area contributed by atoms with E-state index >= 15 is 0 Å². The number of para-hydroxylation sites is 1. The average molecular weight is 466 g/mol. The van der Waals surface area contributed by atoms with Gasteiger partial charge in [-0.1, -0.05) is 42.5 Å². The van der Waals surface area contributed by atoms with Gasteiger partial charge in [-0.05, 0) is 42.3 Å². The van der Waals surface area contributed by atoms with Gasteiger partial charge in [-0.25, -0.2) is 9.67 Å². The van der Waals surface area contributed by atoms with Gasteiger partial charge >= 0.3 is 0 Å². The minimum Gasteiger partial charge on any atom is -0.348 e. The Kier molecular flexibility index (Phi) is 5.75. The first kappa shape index (κ1) is 20.8. The number of anilines is 2. The zero-order valence-electron chi connectivity index (χ0n) is 17.7. The second-order valence-corrected chi connectivity index (χ2v) is 9.64. The summed E-state index contributed by atoms with van der Waals surface area (Å²) in [6, 6.07) is 11.6. The second-order valence-electron chi connectivity index (χ2n) is 7.72. The van der Waals surface area contributed by atoms with Crippen LogP contribution in [0.2, 0.25) is 0 Å². The number of hydrogen-bond acceptors (Lipinski definition) is 7. The molecule has 1 N–H and O–H groups in total. The van der Waals surface area contributed by atoms with Crippen LogP contribution < -0.4 is 15.8 Å². The monoisotopic (exact) mass is 465 g/mol. The molecule has 5 rings (SSSR count). The molecule has 32 heavy (non-hydrogen) atoms. The maximum Gasteiger partial charge on any atom is 0.294 e. The molecule has 1 saturated heterocycles. The highest BCUT2D eigenvalue weighted by atomic mass is 32.1. The van der Waals surface area contributed by atoms with Crippen LogP contribution in [0.15, 0.2) is 46.6 Å². The van der Waals surface area contributed by atoms with Crippen molar-refractivity contribution in [1.29, 1.82) is 0 Å². The van der Waals surface area contributed by atoms with E-state index < -0.39 is 0 Å². The molecule has 0 aliphatic carbocycles. The Labute approximate surface area is 193 Å². The van der Waals surface area contributed by atoms with E-state index in [-0.39, 0.29) is 18.0 Å². The van der Waals surface area contributed by atoms with Crippen molar-refractivity contribution in [3.05, 3.63) is 57.7 Å². The van der Waals surface area contributed by atoms with Gasteiger partial charge in [-0.3, -0.25) is 9.59 Å². The average Bonchev–Trinajstić information content (AvgIpc) is 3.57. The van der Waals surface area contributed by atoms with E-state index in [1.165, 1.54) is 16.0 Å². The number of amides is 1. The Bertz CT molecular complexity index is 1320. The fourth-order valence-corrected chi connectivity index (χ4v) is 5.84.